The Labute approximate surface area is 69.2 Å². The monoisotopic (exact) mass is 178 g/mol. The molecule has 0 aliphatic carbocycles. The highest BCUT2D eigenvalue weighted by Crippen LogP contribution is 1.95. The molecule has 10 heavy (non-hydrogen) atoms. The zero-order chi connectivity index (χ0) is 7.23. The van der Waals surface area contributed by atoms with Crippen LogP contribution in [0.1, 0.15) is 6.42 Å². The minimum atomic E-state index is -0.277. The molecule has 2 N–H and O–H groups in total. The molecule has 0 aromatic rings. The van der Waals surface area contributed by atoms with Gasteiger partial charge < -0.3 is 10.6 Å². The van der Waals surface area contributed by atoms with Crippen molar-refractivity contribution in [2.75, 3.05) is 19.6 Å². The quantitative estimate of drug-likeness (QED) is 0.448. The second kappa shape index (κ2) is 5.13. The molecule has 0 saturated carbocycles. The summed E-state index contributed by atoms with van der Waals surface area (Å²) in [7, 11) is -0.277. The Morgan fingerprint density at radius 3 is 3.20 bits per heavy atom. The van der Waals surface area contributed by atoms with Crippen molar-refractivity contribution in [2.45, 2.75) is 18.5 Å². The lowest BCUT2D eigenvalue weighted by Gasteiger charge is -2.12. The van der Waals surface area contributed by atoms with Gasteiger partial charge in [-0.2, -0.15) is 11.1 Å². The molecule has 0 amide bonds. The third-order valence-electron chi connectivity index (χ3n) is 1.81. The van der Waals surface area contributed by atoms with E-state index < -0.39 is 0 Å². The topological polar surface area (TPSA) is 24.1 Å². The second-order valence-corrected chi connectivity index (χ2v) is 4.78. The fourth-order valence-corrected chi connectivity index (χ4v) is 2.67. The summed E-state index contributed by atoms with van der Waals surface area (Å²) in [5.41, 5.74) is 0. The van der Waals surface area contributed by atoms with Crippen LogP contribution in [0.3, 0.4) is 0 Å². The molecule has 1 rings (SSSR count). The van der Waals surface area contributed by atoms with Gasteiger partial charge in [0.05, 0.1) is 0 Å². The maximum absolute atomic E-state index is 5.76. The highest BCUT2D eigenvalue weighted by atomic mass is 35.6. The largest absolute Gasteiger partial charge is 0.315 e. The van der Waals surface area contributed by atoms with Gasteiger partial charge >= 0.3 is 0 Å². The molecule has 1 unspecified atom stereocenters. The Balaban J connectivity index is 2.15. The summed E-state index contributed by atoms with van der Waals surface area (Å²) in [5.74, 6) is 0. The van der Waals surface area contributed by atoms with Crippen LogP contribution in [0.4, 0.5) is 0 Å². The van der Waals surface area contributed by atoms with Gasteiger partial charge in [-0.1, -0.05) is 0 Å². The zero-order valence-electron chi connectivity index (χ0n) is 6.20. The molecule has 0 radical (unpaired) electrons. The van der Waals surface area contributed by atoms with E-state index in [-0.39, 0.29) is 8.83 Å². The van der Waals surface area contributed by atoms with Crippen molar-refractivity contribution in [1.82, 2.24) is 10.6 Å². The van der Waals surface area contributed by atoms with Crippen LogP contribution in [0.5, 0.6) is 0 Å². The van der Waals surface area contributed by atoms with Crippen LogP contribution < -0.4 is 10.6 Å². The SMILES string of the molecule is Cl[SiH2]CC1CNCCCN1. The molecule has 0 spiro atoms. The van der Waals surface area contributed by atoms with Gasteiger partial charge in [0.15, 0.2) is 0 Å². The average Bonchev–Trinajstić information content (AvgIpc) is 2.17. The predicted molar refractivity (Wildman–Crippen MR) is 48.5 cm³/mol. The maximum atomic E-state index is 5.76. The number of halogens is 1. The van der Waals surface area contributed by atoms with Crippen molar-refractivity contribution < 1.29 is 0 Å². The summed E-state index contributed by atoms with van der Waals surface area (Å²) < 4.78 is 0. The number of nitrogens with one attached hydrogen (secondary N) is 2. The van der Waals surface area contributed by atoms with Crippen molar-refractivity contribution in [3.63, 3.8) is 0 Å². The van der Waals surface area contributed by atoms with Crippen molar-refractivity contribution >= 4 is 19.9 Å². The molecular formula is C6H15ClN2Si. The highest BCUT2D eigenvalue weighted by Gasteiger charge is 2.08. The van der Waals surface area contributed by atoms with E-state index in [1.807, 2.05) is 0 Å². The van der Waals surface area contributed by atoms with Crippen LogP contribution >= 0.6 is 11.1 Å². The minimum Gasteiger partial charge on any atom is -0.315 e. The van der Waals surface area contributed by atoms with Gasteiger partial charge in [-0.25, -0.2) is 0 Å². The molecular weight excluding hydrogens is 164 g/mol. The van der Waals surface area contributed by atoms with E-state index in [1.54, 1.807) is 0 Å². The molecule has 1 atom stereocenters. The fraction of sp³-hybridized carbons (Fsp3) is 1.00. The third-order valence-corrected chi connectivity index (χ3v) is 3.38. The van der Waals surface area contributed by atoms with Crippen molar-refractivity contribution in [3.05, 3.63) is 0 Å². The van der Waals surface area contributed by atoms with Crippen LogP contribution in [-0.2, 0) is 0 Å². The molecule has 1 saturated heterocycles. The first-order chi connectivity index (χ1) is 4.93. The molecule has 2 nitrogen and oxygen atoms in total. The Bertz CT molecular complexity index is 83.8. The molecule has 0 bridgehead atoms. The third kappa shape index (κ3) is 3.01. The van der Waals surface area contributed by atoms with Crippen LogP contribution in [0.25, 0.3) is 0 Å². The van der Waals surface area contributed by atoms with Crippen LogP contribution in [0.2, 0.25) is 6.04 Å². The van der Waals surface area contributed by atoms with Crippen LogP contribution in [0.15, 0.2) is 0 Å². The Morgan fingerprint density at radius 2 is 2.40 bits per heavy atom. The molecule has 1 aliphatic rings. The maximum Gasteiger partial charge on any atom is 0.126 e. The highest BCUT2D eigenvalue weighted by molar-refractivity contribution is 6.93. The van der Waals surface area contributed by atoms with Crippen molar-refractivity contribution in [3.8, 4) is 0 Å². The molecule has 0 aromatic heterocycles. The zero-order valence-corrected chi connectivity index (χ0v) is 8.37. The lowest BCUT2D eigenvalue weighted by molar-refractivity contribution is 0.567. The van der Waals surface area contributed by atoms with Gasteiger partial charge in [0, 0.05) is 12.6 Å². The first-order valence-corrected chi connectivity index (χ1v) is 7.07. The predicted octanol–water partition coefficient (Wildman–Crippen LogP) is -0.321. The molecule has 60 valence electrons. The van der Waals surface area contributed by atoms with Gasteiger partial charge in [-0.15, -0.1) is 0 Å². The van der Waals surface area contributed by atoms with E-state index in [0.717, 1.165) is 19.6 Å². The molecule has 0 aromatic carbocycles. The lowest BCUT2D eigenvalue weighted by Crippen LogP contribution is -2.35. The van der Waals surface area contributed by atoms with Gasteiger partial charge in [-0.3, -0.25) is 0 Å². The van der Waals surface area contributed by atoms with Gasteiger partial charge in [-0.05, 0) is 25.6 Å². The fourth-order valence-electron chi connectivity index (χ4n) is 1.20. The number of hydrogen-bond donors (Lipinski definition) is 2. The van der Waals surface area contributed by atoms with Gasteiger partial charge in [0.25, 0.3) is 0 Å². The van der Waals surface area contributed by atoms with E-state index in [9.17, 15) is 0 Å². The van der Waals surface area contributed by atoms with Crippen molar-refractivity contribution in [2.24, 2.45) is 0 Å². The summed E-state index contributed by atoms with van der Waals surface area (Å²) in [6.45, 7) is 3.43. The Kier molecular flexibility index (Phi) is 4.37. The summed E-state index contributed by atoms with van der Waals surface area (Å²) in [6, 6.07) is 1.88. The van der Waals surface area contributed by atoms with E-state index in [2.05, 4.69) is 10.6 Å². The van der Waals surface area contributed by atoms with E-state index >= 15 is 0 Å². The Morgan fingerprint density at radius 1 is 1.50 bits per heavy atom. The Hall–Kier alpha value is 0.427. The van der Waals surface area contributed by atoms with E-state index in [0.29, 0.717) is 6.04 Å². The molecule has 1 aliphatic heterocycles. The summed E-state index contributed by atoms with van der Waals surface area (Å²) in [5, 5.41) is 6.85. The van der Waals surface area contributed by atoms with Gasteiger partial charge in [0.2, 0.25) is 0 Å². The standard InChI is InChI=1S/C6H15ClN2Si/c7-10-5-6-4-8-2-1-3-9-6/h6,8-9H,1-5,10H2. The van der Waals surface area contributed by atoms with Crippen LogP contribution in [0, 0.1) is 0 Å². The van der Waals surface area contributed by atoms with Gasteiger partial charge in [0.1, 0.15) is 8.83 Å². The van der Waals surface area contributed by atoms with Crippen molar-refractivity contribution in [1.29, 1.82) is 0 Å². The van der Waals surface area contributed by atoms with Crippen LogP contribution in [-0.4, -0.2) is 34.5 Å². The average molecular weight is 179 g/mol. The molecule has 4 heteroatoms. The number of rotatable bonds is 2. The van der Waals surface area contributed by atoms with E-state index in [1.165, 1.54) is 12.5 Å². The first kappa shape index (κ1) is 8.52. The first-order valence-electron chi connectivity index (χ1n) is 3.93. The summed E-state index contributed by atoms with van der Waals surface area (Å²) in [6.07, 6.45) is 1.25. The second-order valence-electron chi connectivity index (χ2n) is 2.69. The van der Waals surface area contributed by atoms with E-state index in [4.69, 9.17) is 11.1 Å². The molecule has 1 heterocycles. The summed E-state index contributed by atoms with van der Waals surface area (Å²) >= 11 is 5.76. The molecule has 1 fully saturated rings. The normalized spacial score (nSPS) is 29.1. The minimum absolute atomic E-state index is 0.277. The smallest absolute Gasteiger partial charge is 0.126 e. The lowest BCUT2D eigenvalue weighted by atomic mass is 10.3. The number of hydrogen-bond acceptors (Lipinski definition) is 2. The summed E-state index contributed by atoms with van der Waals surface area (Å²) in [4.78, 5) is 0.